The molecular weight excluding hydrogens is 344 g/mol. The van der Waals surface area contributed by atoms with E-state index >= 15 is 0 Å². The predicted molar refractivity (Wildman–Crippen MR) is 96.5 cm³/mol. The molecule has 0 aliphatic carbocycles. The lowest BCUT2D eigenvalue weighted by molar-refractivity contribution is -0.384. The minimum atomic E-state index is -0.662. The Hall–Kier alpha value is -2.13. The Morgan fingerprint density at radius 1 is 1.52 bits per heavy atom. The first-order chi connectivity index (χ1) is 11.9. The van der Waals surface area contributed by atoms with E-state index < -0.39 is 16.9 Å². The minimum Gasteiger partial charge on any atom is -0.340 e. The number of hydrogen-bond acceptors (Lipinski definition) is 6. The van der Waals surface area contributed by atoms with Crippen LogP contribution in [-0.2, 0) is 4.79 Å². The van der Waals surface area contributed by atoms with Crippen molar-refractivity contribution < 1.29 is 14.5 Å². The maximum atomic E-state index is 12.7. The number of rotatable bonds is 7. The molecule has 1 aliphatic rings. The van der Waals surface area contributed by atoms with Gasteiger partial charge in [-0.2, -0.15) is 11.8 Å². The summed E-state index contributed by atoms with van der Waals surface area (Å²) in [7, 11) is 0. The zero-order valence-electron chi connectivity index (χ0n) is 14.0. The molecule has 3 N–H and O–H groups in total. The number of nitrogens with two attached hydrogens (primary N) is 1. The molecule has 0 aromatic heterocycles. The summed E-state index contributed by atoms with van der Waals surface area (Å²) in [5.41, 5.74) is 5.85. The van der Waals surface area contributed by atoms with Gasteiger partial charge in [0, 0.05) is 36.8 Å². The second-order valence-electron chi connectivity index (χ2n) is 5.95. The Bertz CT molecular complexity index is 655. The SMILES string of the molecule is CSCCC(NC(=O)c1cccc([N+](=O)[O-])c1)C(=O)N1CC[C@@H](N)C1. The van der Waals surface area contributed by atoms with Gasteiger partial charge in [0.2, 0.25) is 5.91 Å². The average Bonchev–Trinajstić information content (AvgIpc) is 3.04. The molecule has 0 bridgehead atoms. The number of thioether (sulfide) groups is 1. The summed E-state index contributed by atoms with van der Waals surface area (Å²) in [5.74, 6) is 0.0679. The highest BCUT2D eigenvalue weighted by molar-refractivity contribution is 7.98. The molecule has 1 fully saturated rings. The minimum absolute atomic E-state index is 0.0300. The topological polar surface area (TPSA) is 119 Å². The van der Waals surface area contributed by atoms with Crippen molar-refractivity contribution in [2.75, 3.05) is 25.1 Å². The normalized spacial score (nSPS) is 18.0. The molecule has 0 radical (unpaired) electrons. The third-order valence-electron chi connectivity index (χ3n) is 4.07. The van der Waals surface area contributed by atoms with Crippen molar-refractivity contribution in [3.8, 4) is 0 Å². The first kappa shape index (κ1) is 19.2. The number of nitro benzene ring substituents is 1. The van der Waals surface area contributed by atoms with Crippen LogP contribution in [0.2, 0.25) is 0 Å². The number of nitro groups is 1. The van der Waals surface area contributed by atoms with Crippen molar-refractivity contribution in [2.45, 2.75) is 24.9 Å². The van der Waals surface area contributed by atoms with Crippen LogP contribution in [-0.4, -0.2) is 58.8 Å². The quantitative estimate of drug-likeness (QED) is 0.549. The molecule has 2 amide bonds. The summed E-state index contributed by atoms with van der Waals surface area (Å²) >= 11 is 1.58. The van der Waals surface area contributed by atoms with E-state index in [4.69, 9.17) is 5.73 Å². The number of non-ortho nitro benzene ring substituents is 1. The first-order valence-corrected chi connectivity index (χ1v) is 9.40. The van der Waals surface area contributed by atoms with Gasteiger partial charge in [0.15, 0.2) is 0 Å². The highest BCUT2D eigenvalue weighted by Gasteiger charge is 2.30. The Labute approximate surface area is 150 Å². The number of carbonyl (C=O) groups is 2. The summed E-state index contributed by atoms with van der Waals surface area (Å²) in [6.45, 7) is 1.07. The van der Waals surface area contributed by atoms with Gasteiger partial charge in [-0.05, 0) is 30.9 Å². The van der Waals surface area contributed by atoms with E-state index in [1.165, 1.54) is 24.3 Å². The highest BCUT2D eigenvalue weighted by atomic mass is 32.2. The number of nitrogens with zero attached hydrogens (tertiary/aromatic N) is 2. The number of carbonyl (C=O) groups excluding carboxylic acids is 2. The highest BCUT2D eigenvalue weighted by Crippen LogP contribution is 2.15. The smallest absolute Gasteiger partial charge is 0.270 e. The molecule has 8 nitrogen and oxygen atoms in total. The molecule has 1 aromatic carbocycles. The van der Waals surface area contributed by atoms with Crippen LogP contribution in [0.1, 0.15) is 23.2 Å². The Morgan fingerprint density at radius 2 is 2.28 bits per heavy atom. The molecule has 1 aliphatic heterocycles. The lowest BCUT2D eigenvalue weighted by Gasteiger charge is -2.24. The van der Waals surface area contributed by atoms with E-state index in [1.54, 1.807) is 16.7 Å². The number of hydrogen-bond donors (Lipinski definition) is 2. The molecule has 2 rings (SSSR count). The first-order valence-electron chi connectivity index (χ1n) is 8.01. The van der Waals surface area contributed by atoms with E-state index in [1.807, 2.05) is 6.26 Å². The van der Waals surface area contributed by atoms with E-state index in [2.05, 4.69) is 5.32 Å². The second kappa shape index (κ2) is 8.82. The number of amides is 2. The van der Waals surface area contributed by atoms with Crippen LogP contribution < -0.4 is 11.1 Å². The van der Waals surface area contributed by atoms with Crippen molar-refractivity contribution in [3.63, 3.8) is 0 Å². The van der Waals surface area contributed by atoms with Gasteiger partial charge in [0.1, 0.15) is 6.04 Å². The number of likely N-dealkylation sites (tertiary alicyclic amines) is 1. The van der Waals surface area contributed by atoms with E-state index in [9.17, 15) is 19.7 Å². The summed E-state index contributed by atoms with van der Waals surface area (Å²) in [4.78, 5) is 37.1. The summed E-state index contributed by atoms with van der Waals surface area (Å²) in [6, 6.07) is 4.77. The van der Waals surface area contributed by atoms with Crippen LogP contribution >= 0.6 is 11.8 Å². The van der Waals surface area contributed by atoms with Crippen molar-refractivity contribution in [1.29, 1.82) is 0 Å². The molecule has 2 atom stereocenters. The molecule has 1 aromatic rings. The Morgan fingerprint density at radius 3 is 2.88 bits per heavy atom. The van der Waals surface area contributed by atoms with Crippen LogP contribution in [0.3, 0.4) is 0 Å². The van der Waals surface area contributed by atoms with Crippen molar-refractivity contribution >= 4 is 29.3 Å². The molecule has 0 spiro atoms. The van der Waals surface area contributed by atoms with E-state index in [0.717, 1.165) is 6.42 Å². The fourth-order valence-electron chi connectivity index (χ4n) is 2.70. The van der Waals surface area contributed by atoms with Gasteiger partial charge in [0.25, 0.3) is 11.6 Å². The largest absolute Gasteiger partial charge is 0.340 e. The second-order valence-corrected chi connectivity index (χ2v) is 6.93. The monoisotopic (exact) mass is 366 g/mol. The zero-order chi connectivity index (χ0) is 18.4. The van der Waals surface area contributed by atoms with Crippen LogP contribution in [0.5, 0.6) is 0 Å². The van der Waals surface area contributed by atoms with Crippen LogP contribution in [0.25, 0.3) is 0 Å². The zero-order valence-corrected chi connectivity index (χ0v) is 14.8. The van der Waals surface area contributed by atoms with Crippen LogP contribution in [0.15, 0.2) is 24.3 Å². The van der Waals surface area contributed by atoms with Gasteiger partial charge < -0.3 is 16.0 Å². The Balaban J connectivity index is 2.10. The molecule has 0 saturated carbocycles. The van der Waals surface area contributed by atoms with Crippen molar-refractivity contribution in [2.24, 2.45) is 5.73 Å². The molecular formula is C16H22N4O4S. The summed E-state index contributed by atoms with van der Waals surface area (Å²) in [5, 5.41) is 13.6. The third-order valence-corrected chi connectivity index (χ3v) is 4.71. The lowest BCUT2D eigenvalue weighted by Crippen LogP contribution is -2.48. The maximum Gasteiger partial charge on any atom is 0.270 e. The third kappa shape index (κ3) is 5.17. The summed E-state index contributed by atoms with van der Waals surface area (Å²) in [6.07, 6.45) is 3.17. The molecule has 1 heterocycles. The number of nitrogens with one attached hydrogen (secondary N) is 1. The van der Waals surface area contributed by atoms with Crippen molar-refractivity contribution in [1.82, 2.24) is 10.2 Å². The fourth-order valence-corrected chi connectivity index (χ4v) is 3.17. The molecule has 9 heteroatoms. The van der Waals surface area contributed by atoms with Crippen LogP contribution in [0, 0.1) is 10.1 Å². The molecule has 136 valence electrons. The van der Waals surface area contributed by atoms with Gasteiger partial charge in [-0.25, -0.2) is 0 Å². The molecule has 25 heavy (non-hydrogen) atoms. The van der Waals surface area contributed by atoms with Crippen LogP contribution in [0.4, 0.5) is 5.69 Å². The van der Waals surface area contributed by atoms with Gasteiger partial charge >= 0.3 is 0 Å². The van der Waals surface area contributed by atoms with E-state index in [-0.39, 0.29) is 23.2 Å². The summed E-state index contributed by atoms with van der Waals surface area (Å²) < 4.78 is 0. The lowest BCUT2D eigenvalue weighted by atomic mass is 10.1. The van der Waals surface area contributed by atoms with Crippen molar-refractivity contribution in [3.05, 3.63) is 39.9 Å². The fraction of sp³-hybridized carbons (Fsp3) is 0.500. The molecule has 1 saturated heterocycles. The van der Waals surface area contributed by atoms with E-state index in [0.29, 0.717) is 25.3 Å². The predicted octanol–water partition coefficient (Wildman–Crippen LogP) is 1.01. The van der Waals surface area contributed by atoms with Gasteiger partial charge in [-0.1, -0.05) is 6.07 Å². The van der Waals surface area contributed by atoms with Gasteiger partial charge in [-0.3, -0.25) is 19.7 Å². The maximum absolute atomic E-state index is 12.7. The van der Waals surface area contributed by atoms with Gasteiger partial charge in [0.05, 0.1) is 4.92 Å². The number of benzene rings is 1. The Kier molecular flexibility index (Phi) is 6.77. The average molecular weight is 366 g/mol. The standard InChI is InChI=1S/C16H22N4O4S/c1-25-8-6-14(16(22)19-7-5-12(17)10-19)18-15(21)11-3-2-4-13(9-11)20(23)24/h2-4,9,12,14H,5-8,10,17H2,1H3,(H,18,21)/t12-,14?/m1/s1. The van der Waals surface area contributed by atoms with Gasteiger partial charge in [-0.15, -0.1) is 0 Å². The molecule has 1 unspecified atom stereocenters.